The van der Waals surface area contributed by atoms with Crippen molar-refractivity contribution in [3.8, 4) is 23.3 Å². The molecule has 1 aromatic carbocycles. The highest BCUT2D eigenvalue weighted by atomic mass is 16.5. The Bertz CT molecular complexity index is 883. The molecule has 1 aliphatic carbocycles. The van der Waals surface area contributed by atoms with Crippen LogP contribution in [0.25, 0.3) is 6.08 Å². The van der Waals surface area contributed by atoms with Gasteiger partial charge in [0.05, 0.1) is 33.8 Å². The van der Waals surface area contributed by atoms with Gasteiger partial charge in [-0.25, -0.2) is 0 Å². The molecule has 0 spiro atoms. The van der Waals surface area contributed by atoms with E-state index in [0.29, 0.717) is 34.6 Å². The van der Waals surface area contributed by atoms with Gasteiger partial charge in [0.1, 0.15) is 0 Å². The van der Waals surface area contributed by atoms with Gasteiger partial charge in [0.2, 0.25) is 5.88 Å². The SMILES string of the molecule is COC(=O)CC(c1ccc(OC)c(OC)c1)n1c(O)c2c(c1O)CCC=C2. The second-order valence-corrected chi connectivity index (χ2v) is 6.26. The first kappa shape index (κ1) is 18.7. The summed E-state index contributed by atoms with van der Waals surface area (Å²) in [5.41, 5.74) is 1.92. The van der Waals surface area contributed by atoms with Gasteiger partial charge in [-0.2, -0.15) is 0 Å². The van der Waals surface area contributed by atoms with Crippen molar-refractivity contribution in [1.29, 1.82) is 0 Å². The molecule has 3 rings (SSSR count). The number of aromatic hydroxyl groups is 2. The van der Waals surface area contributed by atoms with Gasteiger partial charge in [-0.3, -0.25) is 9.36 Å². The number of carbonyl (C=O) groups is 1. The first-order chi connectivity index (χ1) is 13.0. The molecule has 7 heteroatoms. The fraction of sp³-hybridized carbons (Fsp3) is 0.350. The van der Waals surface area contributed by atoms with E-state index >= 15 is 0 Å². The zero-order chi connectivity index (χ0) is 19.6. The van der Waals surface area contributed by atoms with Gasteiger partial charge in [0.25, 0.3) is 0 Å². The fourth-order valence-corrected chi connectivity index (χ4v) is 3.44. The Morgan fingerprint density at radius 2 is 1.89 bits per heavy atom. The third-order valence-corrected chi connectivity index (χ3v) is 4.83. The Hall–Kier alpha value is -3.09. The molecule has 0 saturated carbocycles. The Kier molecular flexibility index (Phi) is 5.30. The summed E-state index contributed by atoms with van der Waals surface area (Å²) >= 11 is 0. The molecule has 0 saturated heterocycles. The lowest BCUT2D eigenvalue weighted by Crippen LogP contribution is -2.16. The Balaban J connectivity index is 2.15. The summed E-state index contributed by atoms with van der Waals surface area (Å²) in [5.74, 6) is 0.440. The van der Waals surface area contributed by atoms with Gasteiger partial charge in [-0.1, -0.05) is 18.2 Å². The molecule has 7 nitrogen and oxygen atoms in total. The molecule has 27 heavy (non-hydrogen) atoms. The lowest BCUT2D eigenvalue weighted by molar-refractivity contribution is -0.141. The maximum absolute atomic E-state index is 12.0. The number of benzene rings is 1. The third-order valence-electron chi connectivity index (χ3n) is 4.83. The largest absolute Gasteiger partial charge is 0.494 e. The smallest absolute Gasteiger partial charge is 0.307 e. The summed E-state index contributed by atoms with van der Waals surface area (Å²) in [4.78, 5) is 12.0. The van der Waals surface area contributed by atoms with Gasteiger partial charge in [-0.05, 0) is 30.5 Å². The van der Waals surface area contributed by atoms with E-state index in [1.165, 1.54) is 25.9 Å². The number of methoxy groups -OCH3 is 3. The van der Waals surface area contributed by atoms with Crippen LogP contribution in [0.15, 0.2) is 24.3 Å². The number of carbonyl (C=O) groups excluding carboxylic acids is 1. The molecule has 144 valence electrons. The molecule has 0 aliphatic heterocycles. The van der Waals surface area contributed by atoms with E-state index < -0.39 is 12.0 Å². The van der Waals surface area contributed by atoms with E-state index in [1.807, 2.05) is 6.08 Å². The van der Waals surface area contributed by atoms with E-state index in [2.05, 4.69) is 0 Å². The highest BCUT2D eigenvalue weighted by Crippen LogP contribution is 2.43. The molecular formula is C20H23NO6. The van der Waals surface area contributed by atoms with Gasteiger partial charge in [0.15, 0.2) is 17.4 Å². The van der Waals surface area contributed by atoms with Crippen LogP contribution >= 0.6 is 0 Å². The van der Waals surface area contributed by atoms with E-state index in [0.717, 1.165) is 6.42 Å². The lowest BCUT2D eigenvalue weighted by Gasteiger charge is -2.21. The van der Waals surface area contributed by atoms with Crippen LogP contribution in [0.4, 0.5) is 0 Å². The Labute approximate surface area is 157 Å². The number of fused-ring (bicyclic) bond motifs is 1. The lowest BCUT2D eigenvalue weighted by atomic mass is 10.0. The highest BCUT2D eigenvalue weighted by molar-refractivity contribution is 5.71. The molecule has 1 atom stereocenters. The molecule has 1 heterocycles. The Morgan fingerprint density at radius 1 is 1.15 bits per heavy atom. The minimum Gasteiger partial charge on any atom is -0.494 e. The van der Waals surface area contributed by atoms with Gasteiger partial charge >= 0.3 is 5.97 Å². The van der Waals surface area contributed by atoms with E-state index in [-0.39, 0.29) is 18.2 Å². The summed E-state index contributed by atoms with van der Waals surface area (Å²) in [7, 11) is 4.36. The zero-order valence-corrected chi connectivity index (χ0v) is 15.6. The van der Waals surface area contributed by atoms with Crippen molar-refractivity contribution in [3.63, 3.8) is 0 Å². The number of allylic oxidation sites excluding steroid dienone is 1. The van der Waals surface area contributed by atoms with Crippen LogP contribution in [-0.2, 0) is 16.0 Å². The van der Waals surface area contributed by atoms with Crippen LogP contribution in [0.3, 0.4) is 0 Å². The van der Waals surface area contributed by atoms with E-state index in [4.69, 9.17) is 14.2 Å². The van der Waals surface area contributed by atoms with Crippen LogP contribution in [0, 0.1) is 0 Å². The van der Waals surface area contributed by atoms with Crippen molar-refractivity contribution < 1.29 is 29.2 Å². The predicted molar refractivity (Wildman–Crippen MR) is 99.4 cm³/mol. The minimum absolute atomic E-state index is 0.0458. The average molecular weight is 373 g/mol. The minimum atomic E-state index is -0.670. The number of rotatable bonds is 6. The van der Waals surface area contributed by atoms with Crippen molar-refractivity contribution >= 4 is 12.0 Å². The van der Waals surface area contributed by atoms with Gasteiger partial charge < -0.3 is 24.4 Å². The van der Waals surface area contributed by atoms with E-state index in [9.17, 15) is 15.0 Å². The summed E-state index contributed by atoms with van der Waals surface area (Å²) in [5, 5.41) is 21.5. The summed E-state index contributed by atoms with van der Waals surface area (Å²) in [6.07, 6.45) is 5.06. The summed E-state index contributed by atoms with van der Waals surface area (Å²) in [6, 6.07) is 4.54. The van der Waals surface area contributed by atoms with Crippen LogP contribution in [0.5, 0.6) is 23.3 Å². The second kappa shape index (κ2) is 7.65. The molecule has 1 aromatic heterocycles. The maximum Gasteiger partial charge on any atom is 0.307 e. The van der Waals surface area contributed by atoms with Gasteiger partial charge in [-0.15, -0.1) is 0 Å². The normalized spacial score (nSPS) is 13.7. The summed E-state index contributed by atoms with van der Waals surface area (Å²) < 4.78 is 16.8. The molecule has 2 aromatic rings. The molecular weight excluding hydrogens is 350 g/mol. The number of hydrogen-bond donors (Lipinski definition) is 2. The second-order valence-electron chi connectivity index (χ2n) is 6.26. The number of ether oxygens (including phenoxy) is 3. The van der Waals surface area contributed by atoms with Crippen LogP contribution in [-0.4, -0.2) is 42.1 Å². The van der Waals surface area contributed by atoms with Crippen LogP contribution in [0.1, 0.15) is 35.6 Å². The standard InChI is InChI=1S/C20H23NO6/c1-25-16-9-8-12(10-17(16)26-2)15(11-18(22)27-3)21-19(23)13-6-4-5-7-14(13)20(21)24/h4,6,8-10,15,23-24H,5,7,11H2,1-3H3. The molecule has 0 fully saturated rings. The zero-order valence-electron chi connectivity index (χ0n) is 15.6. The Morgan fingerprint density at radius 3 is 2.52 bits per heavy atom. The predicted octanol–water partition coefficient (Wildman–Crippen LogP) is 3.03. The molecule has 1 unspecified atom stereocenters. The third kappa shape index (κ3) is 3.32. The number of hydrogen-bond acceptors (Lipinski definition) is 6. The van der Waals surface area contributed by atoms with Gasteiger partial charge in [0, 0.05) is 11.1 Å². The highest BCUT2D eigenvalue weighted by Gasteiger charge is 2.30. The topological polar surface area (TPSA) is 90.2 Å². The molecule has 0 amide bonds. The first-order valence-electron chi connectivity index (χ1n) is 8.62. The summed E-state index contributed by atoms with van der Waals surface area (Å²) in [6.45, 7) is 0. The first-order valence-corrected chi connectivity index (χ1v) is 8.62. The van der Waals surface area contributed by atoms with Crippen molar-refractivity contribution in [3.05, 3.63) is 41.0 Å². The number of nitrogens with zero attached hydrogens (tertiary/aromatic N) is 1. The molecule has 2 N–H and O–H groups in total. The van der Waals surface area contributed by atoms with Crippen molar-refractivity contribution in [2.45, 2.75) is 25.3 Å². The van der Waals surface area contributed by atoms with Crippen molar-refractivity contribution in [1.82, 2.24) is 4.57 Å². The van der Waals surface area contributed by atoms with Crippen LogP contribution in [0.2, 0.25) is 0 Å². The maximum atomic E-state index is 12.0. The molecule has 1 aliphatic rings. The fourth-order valence-electron chi connectivity index (χ4n) is 3.44. The molecule has 0 bridgehead atoms. The van der Waals surface area contributed by atoms with Crippen molar-refractivity contribution in [2.24, 2.45) is 0 Å². The molecule has 0 radical (unpaired) electrons. The number of esters is 1. The quantitative estimate of drug-likeness (QED) is 0.757. The van der Waals surface area contributed by atoms with E-state index in [1.54, 1.807) is 24.3 Å². The van der Waals surface area contributed by atoms with Crippen LogP contribution < -0.4 is 9.47 Å². The monoisotopic (exact) mass is 373 g/mol. The number of aromatic nitrogens is 1. The average Bonchev–Trinajstić information content (AvgIpc) is 2.96. The van der Waals surface area contributed by atoms with Crippen molar-refractivity contribution in [2.75, 3.05) is 21.3 Å².